The van der Waals surface area contributed by atoms with E-state index in [0.29, 0.717) is 5.92 Å². The lowest BCUT2D eigenvalue weighted by molar-refractivity contribution is -0.384. The van der Waals surface area contributed by atoms with Gasteiger partial charge in [-0.05, 0) is 17.9 Å². The van der Waals surface area contributed by atoms with Gasteiger partial charge in [-0.3, -0.25) is 10.1 Å². The third kappa shape index (κ3) is 2.79. The Bertz CT molecular complexity index is 592. The zero-order valence-corrected chi connectivity index (χ0v) is 11.6. The Hall–Kier alpha value is -2.37. The lowest BCUT2D eigenvalue weighted by atomic mass is 9.97. The zero-order chi connectivity index (χ0) is 14.7. The largest absolute Gasteiger partial charge is 0.378 e. The van der Waals surface area contributed by atoms with Crippen molar-refractivity contribution in [2.24, 2.45) is 5.92 Å². The van der Waals surface area contributed by atoms with Crippen LogP contribution in [0.4, 0.5) is 11.5 Å². The van der Waals surface area contributed by atoms with Gasteiger partial charge in [-0.25, -0.2) is 4.68 Å². The summed E-state index contributed by atoms with van der Waals surface area (Å²) < 4.78 is 1.55. The molecule has 1 aromatic heterocycles. The molecule has 2 N–H and O–H groups in total. The molecule has 0 spiro atoms. The van der Waals surface area contributed by atoms with Gasteiger partial charge in [0.15, 0.2) is 0 Å². The molecule has 0 saturated carbocycles. The van der Waals surface area contributed by atoms with Crippen molar-refractivity contribution in [1.29, 1.82) is 0 Å². The van der Waals surface area contributed by atoms with Gasteiger partial charge in [-0.1, -0.05) is 44.2 Å². The molecule has 0 radical (unpaired) electrons. The molecule has 20 heavy (non-hydrogen) atoms. The van der Waals surface area contributed by atoms with Crippen LogP contribution in [0.2, 0.25) is 0 Å². The quantitative estimate of drug-likeness (QED) is 0.670. The highest BCUT2D eigenvalue weighted by atomic mass is 16.6. The molecule has 0 aliphatic heterocycles. The predicted octanol–water partition coefficient (Wildman–Crippen LogP) is 3.01. The maximum atomic E-state index is 10.9. The standard InChI is InChI=1S/C14H18N4O2/c1-10(2)8-12(11-6-4-3-5-7-11)17-14(15)13(9-16-17)18(19)20/h3-7,9-10,12H,8,15H2,1-2H3. The number of anilines is 1. The summed E-state index contributed by atoms with van der Waals surface area (Å²) in [5.74, 6) is 0.521. The second kappa shape index (κ2) is 5.73. The van der Waals surface area contributed by atoms with Gasteiger partial charge in [-0.15, -0.1) is 0 Å². The van der Waals surface area contributed by atoms with Crippen LogP contribution in [0.1, 0.15) is 31.9 Å². The molecule has 2 rings (SSSR count). The molecular weight excluding hydrogens is 256 g/mol. The number of hydrogen-bond donors (Lipinski definition) is 1. The lowest BCUT2D eigenvalue weighted by Crippen LogP contribution is -2.17. The summed E-state index contributed by atoms with van der Waals surface area (Å²) in [7, 11) is 0. The second-order valence-corrected chi connectivity index (χ2v) is 5.17. The Balaban J connectivity index is 2.44. The molecule has 6 nitrogen and oxygen atoms in total. The minimum absolute atomic E-state index is 0.0927. The van der Waals surface area contributed by atoms with E-state index < -0.39 is 4.92 Å². The van der Waals surface area contributed by atoms with Crippen LogP contribution in [-0.2, 0) is 0 Å². The maximum absolute atomic E-state index is 10.9. The normalized spacial score (nSPS) is 12.6. The van der Waals surface area contributed by atoms with Crippen molar-refractivity contribution >= 4 is 11.5 Å². The van der Waals surface area contributed by atoms with E-state index in [1.165, 1.54) is 6.20 Å². The van der Waals surface area contributed by atoms with Gasteiger partial charge in [0.1, 0.15) is 6.20 Å². The van der Waals surface area contributed by atoms with E-state index in [9.17, 15) is 10.1 Å². The first-order valence-corrected chi connectivity index (χ1v) is 6.53. The average Bonchev–Trinajstić information content (AvgIpc) is 2.79. The van der Waals surface area contributed by atoms with Gasteiger partial charge in [0.25, 0.3) is 0 Å². The van der Waals surface area contributed by atoms with Crippen molar-refractivity contribution in [2.45, 2.75) is 26.3 Å². The van der Waals surface area contributed by atoms with Gasteiger partial charge in [-0.2, -0.15) is 5.10 Å². The van der Waals surface area contributed by atoms with Gasteiger partial charge >= 0.3 is 5.69 Å². The fourth-order valence-corrected chi connectivity index (χ4v) is 2.25. The van der Waals surface area contributed by atoms with Crippen LogP contribution < -0.4 is 5.73 Å². The number of nitrogen functional groups attached to an aromatic ring is 1. The molecule has 1 aromatic carbocycles. The van der Waals surface area contributed by atoms with Crippen LogP contribution in [0, 0.1) is 16.0 Å². The van der Waals surface area contributed by atoms with E-state index >= 15 is 0 Å². The Morgan fingerprint density at radius 1 is 1.35 bits per heavy atom. The first kappa shape index (κ1) is 14.0. The smallest absolute Gasteiger partial charge is 0.330 e. The molecule has 1 heterocycles. The highest BCUT2D eigenvalue weighted by molar-refractivity contribution is 5.52. The van der Waals surface area contributed by atoms with Crippen LogP contribution >= 0.6 is 0 Å². The van der Waals surface area contributed by atoms with Crippen molar-refractivity contribution in [3.8, 4) is 0 Å². The second-order valence-electron chi connectivity index (χ2n) is 5.17. The monoisotopic (exact) mass is 274 g/mol. The summed E-state index contributed by atoms with van der Waals surface area (Å²) in [5.41, 5.74) is 6.78. The van der Waals surface area contributed by atoms with Crippen LogP contribution in [0.25, 0.3) is 0 Å². The van der Waals surface area contributed by atoms with E-state index in [1.54, 1.807) is 4.68 Å². The van der Waals surface area contributed by atoms with E-state index in [-0.39, 0.29) is 17.5 Å². The van der Waals surface area contributed by atoms with Crippen molar-refractivity contribution in [1.82, 2.24) is 9.78 Å². The topological polar surface area (TPSA) is 87.0 Å². The minimum Gasteiger partial charge on any atom is -0.378 e. The highest BCUT2D eigenvalue weighted by Gasteiger charge is 2.24. The molecular formula is C14H18N4O2. The number of nitro groups is 1. The number of nitrogens with zero attached hydrogens (tertiary/aromatic N) is 3. The molecule has 0 aliphatic carbocycles. The van der Waals surface area contributed by atoms with Crippen LogP contribution in [-0.4, -0.2) is 14.7 Å². The number of aromatic nitrogens is 2. The zero-order valence-electron chi connectivity index (χ0n) is 11.6. The molecule has 0 bridgehead atoms. The molecule has 0 saturated heterocycles. The van der Waals surface area contributed by atoms with Gasteiger partial charge < -0.3 is 5.73 Å². The number of hydrogen-bond acceptors (Lipinski definition) is 4. The van der Waals surface area contributed by atoms with Crippen molar-refractivity contribution < 1.29 is 4.92 Å². The third-order valence-corrected chi connectivity index (χ3v) is 3.18. The predicted molar refractivity (Wildman–Crippen MR) is 77.3 cm³/mol. The first-order valence-electron chi connectivity index (χ1n) is 6.53. The van der Waals surface area contributed by atoms with Crippen LogP contribution in [0.15, 0.2) is 36.5 Å². The Labute approximate surface area is 117 Å². The number of benzene rings is 1. The fourth-order valence-electron chi connectivity index (χ4n) is 2.25. The lowest BCUT2D eigenvalue weighted by Gasteiger charge is -2.20. The van der Waals surface area contributed by atoms with Crippen molar-refractivity contribution in [3.63, 3.8) is 0 Å². The van der Waals surface area contributed by atoms with E-state index in [0.717, 1.165) is 12.0 Å². The summed E-state index contributed by atoms with van der Waals surface area (Å²) in [6.45, 7) is 4.20. The maximum Gasteiger partial charge on any atom is 0.330 e. The molecule has 1 unspecified atom stereocenters. The van der Waals surface area contributed by atoms with Crippen molar-refractivity contribution in [3.05, 3.63) is 52.2 Å². The van der Waals surface area contributed by atoms with Crippen molar-refractivity contribution in [2.75, 3.05) is 5.73 Å². The van der Waals surface area contributed by atoms with E-state index in [1.807, 2.05) is 30.3 Å². The third-order valence-electron chi connectivity index (χ3n) is 3.18. The fraction of sp³-hybridized carbons (Fsp3) is 0.357. The summed E-state index contributed by atoms with van der Waals surface area (Å²) in [4.78, 5) is 10.4. The summed E-state index contributed by atoms with van der Waals surface area (Å²) in [6.07, 6.45) is 2.03. The number of nitrogens with two attached hydrogens (primary N) is 1. The Kier molecular flexibility index (Phi) is 4.02. The molecule has 1 atom stereocenters. The molecule has 0 aliphatic rings. The van der Waals surface area contributed by atoms with Gasteiger partial charge in [0.05, 0.1) is 11.0 Å². The first-order chi connectivity index (χ1) is 9.50. The summed E-state index contributed by atoms with van der Waals surface area (Å²) in [6, 6.07) is 9.70. The summed E-state index contributed by atoms with van der Waals surface area (Å²) in [5, 5.41) is 15.0. The van der Waals surface area contributed by atoms with Crippen LogP contribution in [0.5, 0.6) is 0 Å². The number of rotatable bonds is 5. The molecule has 0 amide bonds. The Morgan fingerprint density at radius 2 is 2.00 bits per heavy atom. The average molecular weight is 274 g/mol. The molecule has 0 fully saturated rings. The van der Waals surface area contributed by atoms with Gasteiger partial charge in [0, 0.05) is 0 Å². The van der Waals surface area contributed by atoms with E-state index in [4.69, 9.17) is 5.73 Å². The van der Waals surface area contributed by atoms with Gasteiger partial charge in [0.2, 0.25) is 5.82 Å². The van der Waals surface area contributed by atoms with Crippen LogP contribution in [0.3, 0.4) is 0 Å². The molecule has 6 heteroatoms. The molecule has 2 aromatic rings. The minimum atomic E-state index is -0.504. The molecule has 106 valence electrons. The van der Waals surface area contributed by atoms with E-state index in [2.05, 4.69) is 18.9 Å². The Morgan fingerprint density at radius 3 is 2.50 bits per heavy atom. The SMILES string of the molecule is CC(C)CC(c1ccccc1)n1ncc([N+](=O)[O-])c1N. The highest BCUT2D eigenvalue weighted by Crippen LogP contribution is 2.31. The summed E-state index contributed by atoms with van der Waals surface area (Å²) >= 11 is 0.